The van der Waals surface area contributed by atoms with Crippen molar-refractivity contribution in [2.75, 3.05) is 25.0 Å². The van der Waals surface area contributed by atoms with E-state index in [0.717, 1.165) is 17.8 Å². The van der Waals surface area contributed by atoms with Gasteiger partial charge in [-0.25, -0.2) is 4.68 Å². The SMILES string of the molecule is CN(CCN(C(=O)c1cccs1)c1ccn(-c2ccccc2)n1)Cc1cccnc1. The number of benzene rings is 1. The second kappa shape index (κ2) is 9.47. The van der Waals surface area contributed by atoms with Gasteiger partial charge in [0.05, 0.1) is 10.6 Å². The van der Waals surface area contributed by atoms with Crippen molar-refractivity contribution in [3.8, 4) is 5.69 Å². The number of anilines is 1. The van der Waals surface area contributed by atoms with Crippen LogP contribution in [0, 0.1) is 0 Å². The molecule has 3 aromatic heterocycles. The summed E-state index contributed by atoms with van der Waals surface area (Å²) >= 11 is 1.45. The molecule has 0 aliphatic carbocycles. The second-order valence-electron chi connectivity index (χ2n) is 6.99. The summed E-state index contributed by atoms with van der Waals surface area (Å²) in [5, 5.41) is 6.59. The lowest BCUT2D eigenvalue weighted by molar-refractivity contribution is 0.0987. The maximum atomic E-state index is 13.2. The lowest BCUT2D eigenvalue weighted by atomic mass is 10.2. The third-order valence-electron chi connectivity index (χ3n) is 4.73. The summed E-state index contributed by atoms with van der Waals surface area (Å²) in [6, 6.07) is 19.5. The van der Waals surface area contributed by atoms with Gasteiger partial charge in [-0.05, 0) is 42.3 Å². The van der Waals surface area contributed by atoms with Gasteiger partial charge in [-0.1, -0.05) is 30.3 Å². The first-order chi connectivity index (χ1) is 14.7. The molecular weight excluding hydrogens is 394 g/mol. The Kier molecular flexibility index (Phi) is 6.32. The van der Waals surface area contributed by atoms with E-state index in [0.29, 0.717) is 23.8 Å². The Morgan fingerprint density at radius 2 is 1.90 bits per heavy atom. The lowest BCUT2D eigenvalue weighted by Crippen LogP contribution is -2.37. The second-order valence-corrected chi connectivity index (χ2v) is 7.93. The van der Waals surface area contributed by atoms with Crippen molar-refractivity contribution in [3.63, 3.8) is 0 Å². The highest BCUT2D eigenvalue weighted by molar-refractivity contribution is 7.12. The fraction of sp³-hybridized carbons (Fsp3) is 0.174. The number of nitrogens with zero attached hydrogens (tertiary/aromatic N) is 5. The first-order valence-corrected chi connectivity index (χ1v) is 10.6. The van der Waals surface area contributed by atoms with E-state index in [2.05, 4.69) is 21.0 Å². The molecule has 30 heavy (non-hydrogen) atoms. The van der Waals surface area contributed by atoms with Gasteiger partial charge in [-0.2, -0.15) is 0 Å². The van der Waals surface area contributed by atoms with Gasteiger partial charge in [0.15, 0.2) is 5.82 Å². The molecule has 0 aliphatic heterocycles. The van der Waals surface area contributed by atoms with Gasteiger partial charge in [0.2, 0.25) is 0 Å². The molecule has 6 nitrogen and oxygen atoms in total. The molecule has 152 valence electrons. The quantitative estimate of drug-likeness (QED) is 0.433. The molecule has 7 heteroatoms. The lowest BCUT2D eigenvalue weighted by Gasteiger charge is -2.23. The Morgan fingerprint density at radius 1 is 1.03 bits per heavy atom. The van der Waals surface area contributed by atoms with Gasteiger partial charge in [0, 0.05) is 44.3 Å². The normalized spacial score (nSPS) is 11.0. The smallest absolute Gasteiger partial charge is 0.269 e. The van der Waals surface area contributed by atoms with Gasteiger partial charge in [0.25, 0.3) is 5.91 Å². The standard InChI is InChI=1S/C23H23N5OS/c1-26(18-19-7-5-12-24-17-19)14-15-27(23(29)21-10-6-16-30-21)22-11-13-28(25-22)20-8-3-2-4-9-20/h2-13,16-17H,14-15,18H2,1H3. The maximum Gasteiger partial charge on any atom is 0.269 e. The molecule has 0 bridgehead atoms. The van der Waals surface area contributed by atoms with E-state index in [1.165, 1.54) is 11.3 Å². The number of likely N-dealkylation sites (N-methyl/N-ethyl adjacent to an activating group) is 1. The zero-order valence-electron chi connectivity index (χ0n) is 16.8. The van der Waals surface area contributed by atoms with Gasteiger partial charge in [0.1, 0.15) is 0 Å². The van der Waals surface area contributed by atoms with Crippen molar-refractivity contribution in [1.82, 2.24) is 19.7 Å². The highest BCUT2D eigenvalue weighted by atomic mass is 32.1. The van der Waals surface area contributed by atoms with Crippen LogP contribution in [0.4, 0.5) is 5.82 Å². The summed E-state index contributed by atoms with van der Waals surface area (Å²) in [7, 11) is 2.05. The van der Waals surface area contributed by atoms with Crippen molar-refractivity contribution >= 4 is 23.1 Å². The van der Waals surface area contributed by atoms with Crippen LogP contribution in [-0.4, -0.2) is 45.7 Å². The van der Waals surface area contributed by atoms with Gasteiger partial charge >= 0.3 is 0 Å². The Morgan fingerprint density at radius 3 is 2.63 bits per heavy atom. The van der Waals surface area contributed by atoms with Crippen LogP contribution >= 0.6 is 11.3 Å². The minimum absolute atomic E-state index is 0.0295. The third-order valence-corrected chi connectivity index (χ3v) is 5.59. The molecule has 3 heterocycles. The number of amides is 1. The van der Waals surface area contributed by atoms with E-state index in [4.69, 9.17) is 0 Å². The number of carbonyl (C=O) groups excluding carboxylic acids is 1. The van der Waals surface area contributed by atoms with E-state index in [1.54, 1.807) is 15.8 Å². The molecule has 0 aliphatic rings. The Hall–Kier alpha value is -3.29. The number of aromatic nitrogens is 3. The number of thiophene rings is 1. The van der Waals surface area contributed by atoms with Crippen LogP contribution in [0.25, 0.3) is 5.69 Å². The summed E-state index contributed by atoms with van der Waals surface area (Å²) in [6.45, 7) is 2.02. The fourth-order valence-electron chi connectivity index (χ4n) is 3.19. The van der Waals surface area contributed by atoms with Crippen molar-refractivity contribution in [2.24, 2.45) is 0 Å². The molecule has 0 N–H and O–H groups in total. The topological polar surface area (TPSA) is 54.3 Å². The zero-order chi connectivity index (χ0) is 20.8. The monoisotopic (exact) mass is 417 g/mol. The number of para-hydroxylation sites is 1. The Bertz CT molecular complexity index is 1060. The molecule has 0 fully saturated rings. The minimum atomic E-state index is -0.0295. The number of carbonyl (C=O) groups is 1. The maximum absolute atomic E-state index is 13.2. The third kappa shape index (κ3) is 4.82. The number of hydrogen-bond acceptors (Lipinski definition) is 5. The number of rotatable bonds is 8. The minimum Gasteiger partial charge on any atom is -0.300 e. The van der Waals surface area contributed by atoms with Crippen molar-refractivity contribution in [3.05, 3.63) is 95.1 Å². The van der Waals surface area contributed by atoms with E-state index in [-0.39, 0.29) is 5.91 Å². The van der Waals surface area contributed by atoms with Crippen LogP contribution in [0.5, 0.6) is 0 Å². The largest absolute Gasteiger partial charge is 0.300 e. The van der Waals surface area contributed by atoms with E-state index in [1.807, 2.05) is 79.4 Å². The van der Waals surface area contributed by atoms with Crippen LogP contribution in [-0.2, 0) is 6.54 Å². The molecule has 1 amide bonds. The summed E-state index contributed by atoms with van der Waals surface area (Å²) in [4.78, 5) is 22.0. The predicted octanol–water partition coefficient (Wildman–Crippen LogP) is 4.11. The molecule has 1 aromatic carbocycles. The molecule has 0 unspecified atom stereocenters. The molecule has 4 aromatic rings. The van der Waals surface area contributed by atoms with Crippen LogP contribution in [0.3, 0.4) is 0 Å². The van der Waals surface area contributed by atoms with E-state index < -0.39 is 0 Å². The predicted molar refractivity (Wildman–Crippen MR) is 120 cm³/mol. The highest BCUT2D eigenvalue weighted by Gasteiger charge is 2.21. The summed E-state index contributed by atoms with van der Waals surface area (Å²) in [5.41, 5.74) is 2.10. The molecule has 0 radical (unpaired) electrons. The summed E-state index contributed by atoms with van der Waals surface area (Å²) < 4.78 is 1.80. The van der Waals surface area contributed by atoms with E-state index >= 15 is 0 Å². The van der Waals surface area contributed by atoms with Crippen LogP contribution in [0.1, 0.15) is 15.2 Å². The van der Waals surface area contributed by atoms with Gasteiger partial charge in [-0.3, -0.25) is 14.7 Å². The molecule has 0 saturated heterocycles. The molecule has 0 saturated carbocycles. The van der Waals surface area contributed by atoms with Crippen LogP contribution in [0.15, 0.2) is 84.6 Å². The highest BCUT2D eigenvalue weighted by Crippen LogP contribution is 2.19. The van der Waals surface area contributed by atoms with Crippen LogP contribution < -0.4 is 4.90 Å². The van der Waals surface area contributed by atoms with Gasteiger partial charge in [-0.15, -0.1) is 16.4 Å². The van der Waals surface area contributed by atoms with Crippen molar-refractivity contribution in [2.45, 2.75) is 6.54 Å². The van der Waals surface area contributed by atoms with Gasteiger partial charge < -0.3 is 4.90 Å². The summed E-state index contributed by atoms with van der Waals surface area (Å²) in [5.74, 6) is 0.616. The molecule has 4 rings (SSSR count). The molecule has 0 atom stereocenters. The first-order valence-electron chi connectivity index (χ1n) is 9.74. The average Bonchev–Trinajstić information content (AvgIpc) is 3.48. The number of pyridine rings is 1. The first kappa shape index (κ1) is 20.0. The van der Waals surface area contributed by atoms with Crippen LogP contribution in [0.2, 0.25) is 0 Å². The zero-order valence-corrected chi connectivity index (χ0v) is 17.6. The summed E-state index contributed by atoms with van der Waals surface area (Å²) in [6.07, 6.45) is 5.53. The Balaban J connectivity index is 1.51. The van der Waals surface area contributed by atoms with Crippen molar-refractivity contribution in [1.29, 1.82) is 0 Å². The Labute approximate surface area is 180 Å². The molecular formula is C23H23N5OS. The fourth-order valence-corrected chi connectivity index (χ4v) is 3.86. The number of hydrogen-bond donors (Lipinski definition) is 0. The average molecular weight is 418 g/mol. The molecule has 0 spiro atoms. The van der Waals surface area contributed by atoms with E-state index in [9.17, 15) is 4.79 Å². The van der Waals surface area contributed by atoms with Crippen molar-refractivity contribution < 1.29 is 4.79 Å².